The third kappa shape index (κ3) is 4.29. The zero-order valence-corrected chi connectivity index (χ0v) is 7.44. The molecule has 1 N–H and O–H groups in total. The van der Waals surface area contributed by atoms with Crippen LogP contribution in [-0.4, -0.2) is 13.0 Å². The molecular formula is C8H8O4S. The van der Waals surface area contributed by atoms with Gasteiger partial charge in [0.2, 0.25) is 0 Å². The molecule has 0 heterocycles. The van der Waals surface area contributed by atoms with Gasteiger partial charge < -0.3 is 4.18 Å². The molecule has 0 bridgehead atoms. The standard InChI is InChI=1S/C8H8O4S/c9-13(10,11)12-7-6-8-4-2-1-3-5-8/h1-7H,(H,9,10,11). The molecule has 5 heteroatoms. The van der Waals surface area contributed by atoms with Crippen LogP contribution in [0.15, 0.2) is 36.6 Å². The molecular weight excluding hydrogens is 192 g/mol. The van der Waals surface area contributed by atoms with Crippen LogP contribution in [0.2, 0.25) is 0 Å². The van der Waals surface area contributed by atoms with Gasteiger partial charge >= 0.3 is 10.4 Å². The molecule has 0 unspecified atom stereocenters. The summed E-state index contributed by atoms with van der Waals surface area (Å²) < 4.78 is 32.4. The van der Waals surface area contributed by atoms with Crippen molar-refractivity contribution < 1.29 is 17.2 Å². The molecule has 0 spiro atoms. The zero-order valence-electron chi connectivity index (χ0n) is 6.62. The molecule has 0 saturated heterocycles. The number of hydrogen-bond donors (Lipinski definition) is 1. The summed E-state index contributed by atoms with van der Waals surface area (Å²) in [6, 6.07) is 8.97. The molecule has 0 aliphatic carbocycles. The van der Waals surface area contributed by atoms with Crippen molar-refractivity contribution in [1.29, 1.82) is 0 Å². The Kier molecular flexibility index (Phi) is 3.05. The first kappa shape index (κ1) is 9.76. The molecule has 0 radical (unpaired) electrons. The highest BCUT2D eigenvalue weighted by Crippen LogP contribution is 2.01. The molecule has 1 aromatic carbocycles. The van der Waals surface area contributed by atoms with E-state index in [-0.39, 0.29) is 0 Å². The van der Waals surface area contributed by atoms with Crippen LogP contribution in [0.25, 0.3) is 6.08 Å². The summed E-state index contributed by atoms with van der Waals surface area (Å²) in [6.07, 6.45) is 2.33. The minimum atomic E-state index is -4.38. The monoisotopic (exact) mass is 200 g/mol. The van der Waals surface area contributed by atoms with Gasteiger partial charge in [0.05, 0.1) is 0 Å². The average Bonchev–Trinajstić information content (AvgIpc) is 2.04. The van der Waals surface area contributed by atoms with E-state index in [1.54, 1.807) is 24.3 Å². The van der Waals surface area contributed by atoms with Gasteiger partial charge in [0.15, 0.2) is 0 Å². The zero-order chi connectivity index (χ0) is 9.73. The highest BCUT2D eigenvalue weighted by atomic mass is 32.3. The normalized spacial score (nSPS) is 11.8. The number of rotatable bonds is 3. The third-order valence-electron chi connectivity index (χ3n) is 1.24. The van der Waals surface area contributed by atoms with Crippen LogP contribution in [0, 0.1) is 0 Å². The van der Waals surface area contributed by atoms with Gasteiger partial charge in [-0.1, -0.05) is 30.3 Å². The van der Waals surface area contributed by atoms with Gasteiger partial charge in [-0.05, 0) is 11.6 Å². The fourth-order valence-electron chi connectivity index (χ4n) is 0.741. The topological polar surface area (TPSA) is 63.6 Å². The predicted octanol–water partition coefficient (Wildman–Crippen LogP) is 1.48. The Hall–Kier alpha value is -1.33. The third-order valence-corrected chi connectivity index (χ3v) is 1.59. The van der Waals surface area contributed by atoms with E-state index in [0.29, 0.717) is 0 Å². The van der Waals surface area contributed by atoms with Gasteiger partial charge in [-0.25, -0.2) is 0 Å². The first-order chi connectivity index (χ1) is 6.08. The Morgan fingerprint density at radius 2 is 1.85 bits per heavy atom. The lowest BCUT2D eigenvalue weighted by Gasteiger charge is -1.92. The minimum absolute atomic E-state index is 0.783. The fraction of sp³-hybridized carbons (Fsp3) is 0. The van der Waals surface area contributed by atoms with Crippen molar-refractivity contribution in [3.63, 3.8) is 0 Å². The van der Waals surface area contributed by atoms with Gasteiger partial charge in [-0.15, -0.1) is 0 Å². The maximum Gasteiger partial charge on any atom is 0.445 e. The summed E-state index contributed by atoms with van der Waals surface area (Å²) in [6.45, 7) is 0. The second-order valence-corrected chi connectivity index (χ2v) is 3.29. The van der Waals surface area contributed by atoms with E-state index in [2.05, 4.69) is 4.18 Å². The Balaban J connectivity index is 2.61. The molecule has 4 nitrogen and oxygen atoms in total. The lowest BCUT2D eigenvalue weighted by atomic mass is 10.2. The molecule has 70 valence electrons. The molecule has 0 amide bonds. The molecule has 0 aliphatic rings. The van der Waals surface area contributed by atoms with Crippen molar-refractivity contribution in [2.75, 3.05) is 0 Å². The van der Waals surface area contributed by atoms with Gasteiger partial charge in [-0.3, -0.25) is 4.55 Å². The van der Waals surface area contributed by atoms with Crippen molar-refractivity contribution >= 4 is 16.5 Å². The van der Waals surface area contributed by atoms with E-state index >= 15 is 0 Å². The summed E-state index contributed by atoms with van der Waals surface area (Å²) >= 11 is 0. The van der Waals surface area contributed by atoms with E-state index in [1.807, 2.05) is 6.07 Å². The second kappa shape index (κ2) is 4.06. The van der Waals surface area contributed by atoms with Crippen molar-refractivity contribution in [1.82, 2.24) is 0 Å². The second-order valence-electron chi connectivity index (χ2n) is 2.24. The Morgan fingerprint density at radius 1 is 1.23 bits per heavy atom. The molecule has 1 aromatic rings. The van der Waals surface area contributed by atoms with Crippen LogP contribution in [-0.2, 0) is 14.6 Å². The summed E-state index contributed by atoms with van der Waals surface area (Å²) in [5, 5.41) is 0. The largest absolute Gasteiger partial charge is 0.445 e. The van der Waals surface area contributed by atoms with Gasteiger partial charge in [0.1, 0.15) is 6.26 Å². The summed E-state index contributed by atoms with van der Waals surface area (Å²) in [7, 11) is -4.38. The predicted molar refractivity (Wildman–Crippen MR) is 48.1 cm³/mol. The van der Waals surface area contributed by atoms with E-state index in [1.165, 1.54) is 6.08 Å². The fourth-order valence-corrected chi connectivity index (χ4v) is 0.937. The molecule has 1 rings (SSSR count). The van der Waals surface area contributed by atoms with Crippen LogP contribution in [0.1, 0.15) is 5.56 Å². The maximum absolute atomic E-state index is 10.1. The highest BCUT2D eigenvalue weighted by Gasteiger charge is 1.98. The van der Waals surface area contributed by atoms with E-state index in [4.69, 9.17) is 4.55 Å². The van der Waals surface area contributed by atoms with Crippen LogP contribution in [0.5, 0.6) is 0 Å². The first-order valence-electron chi connectivity index (χ1n) is 3.45. The Bertz CT molecular complexity index is 380. The quantitative estimate of drug-likeness (QED) is 0.593. The van der Waals surface area contributed by atoms with Crippen molar-refractivity contribution in [3.05, 3.63) is 42.2 Å². The van der Waals surface area contributed by atoms with Crippen LogP contribution >= 0.6 is 0 Å². The summed E-state index contributed by atoms with van der Waals surface area (Å²) in [5.74, 6) is 0. The number of hydrogen-bond acceptors (Lipinski definition) is 3. The highest BCUT2D eigenvalue weighted by molar-refractivity contribution is 7.81. The van der Waals surface area contributed by atoms with E-state index < -0.39 is 10.4 Å². The summed E-state index contributed by atoms with van der Waals surface area (Å²) in [5.41, 5.74) is 0.783. The minimum Gasteiger partial charge on any atom is -0.370 e. The van der Waals surface area contributed by atoms with Crippen molar-refractivity contribution in [2.24, 2.45) is 0 Å². The van der Waals surface area contributed by atoms with Gasteiger partial charge in [-0.2, -0.15) is 8.42 Å². The smallest absolute Gasteiger partial charge is 0.370 e. The lowest BCUT2D eigenvalue weighted by molar-refractivity contribution is 0.357. The number of benzene rings is 1. The molecule has 0 fully saturated rings. The van der Waals surface area contributed by atoms with Gasteiger partial charge in [0, 0.05) is 0 Å². The molecule has 13 heavy (non-hydrogen) atoms. The summed E-state index contributed by atoms with van der Waals surface area (Å²) in [4.78, 5) is 0. The Labute approximate surface area is 76.4 Å². The van der Waals surface area contributed by atoms with Gasteiger partial charge in [0.25, 0.3) is 0 Å². The molecule has 0 atom stereocenters. The van der Waals surface area contributed by atoms with Crippen LogP contribution in [0.3, 0.4) is 0 Å². The average molecular weight is 200 g/mol. The van der Waals surface area contributed by atoms with E-state index in [0.717, 1.165) is 11.8 Å². The maximum atomic E-state index is 10.1. The lowest BCUT2D eigenvalue weighted by Crippen LogP contribution is -1.96. The van der Waals surface area contributed by atoms with Crippen LogP contribution in [0.4, 0.5) is 0 Å². The van der Waals surface area contributed by atoms with Crippen LogP contribution < -0.4 is 0 Å². The SMILES string of the molecule is O=S(=O)(O)OC=Cc1ccccc1. The molecule has 0 aliphatic heterocycles. The van der Waals surface area contributed by atoms with Crippen molar-refractivity contribution in [3.8, 4) is 0 Å². The van der Waals surface area contributed by atoms with Crippen molar-refractivity contribution in [2.45, 2.75) is 0 Å². The first-order valence-corrected chi connectivity index (χ1v) is 4.82. The molecule has 0 aromatic heterocycles. The Morgan fingerprint density at radius 3 is 2.38 bits per heavy atom. The molecule has 0 saturated carbocycles. The van der Waals surface area contributed by atoms with E-state index in [9.17, 15) is 8.42 Å².